The Kier molecular flexibility index (Phi) is 5.87. The number of pyridine rings is 1. The van der Waals surface area contributed by atoms with E-state index in [1.165, 1.54) is 13.2 Å². The lowest BCUT2D eigenvalue weighted by molar-refractivity contribution is -0.117. The molecule has 0 radical (unpaired) electrons. The first kappa shape index (κ1) is 20.9. The first-order chi connectivity index (χ1) is 19.1. The van der Waals surface area contributed by atoms with Crippen LogP contribution >= 0.6 is 0 Å². The van der Waals surface area contributed by atoms with Gasteiger partial charge in [-0.15, -0.1) is 10.2 Å². The summed E-state index contributed by atoms with van der Waals surface area (Å²) in [5.74, 6) is -0.707. The summed E-state index contributed by atoms with van der Waals surface area (Å²) in [6, 6.07) is 10.5. The third-order valence-electron chi connectivity index (χ3n) is 6.36. The van der Waals surface area contributed by atoms with Crippen molar-refractivity contribution in [3.05, 3.63) is 48.3 Å². The maximum absolute atomic E-state index is 12.8. The van der Waals surface area contributed by atoms with Crippen LogP contribution in [0.15, 0.2) is 42.6 Å². The number of β-amino-alcohol motifs (C(OH)–C–C–N with tert-alkyl or cyclic N) is 1. The molecule has 1 aromatic carbocycles. The van der Waals surface area contributed by atoms with E-state index in [4.69, 9.17) is 8.85 Å². The number of aromatic nitrogens is 3. The summed E-state index contributed by atoms with van der Waals surface area (Å²) >= 11 is 0. The zero-order valence-corrected chi connectivity index (χ0v) is 20.2. The Labute approximate surface area is 218 Å². The van der Waals surface area contributed by atoms with Crippen molar-refractivity contribution >= 4 is 34.7 Å². The number of nitrogens with one attached hydrogen (secondary N) is 3. The Hall–Kier alpha value is -4.25. The maximum Gasteiger partial charge on any atom is 0.273 e. The second-order valence-electron chi connectivity index (χ2n) is 9.01. The molecule has 11 heteroatoms. The third kappa shape index (κ3) is 5.31. The summed E-state index contributed by atoms with van der Waals surface area (Å²) < 4.78 is 27.9. The largest absolute Gasteiger partial charge is 0.494 e. The van der Waals surface area contributed by atoms with Crippen molar-refractivity contribution in [2.24, 2.45) is 5.92 Å². The van der Waals surface area contributed by atoms with Gasteiger partial charge in [0, 0.05) is 41.7 Å². The van der Waals surface area contributed by atoms with Crippen LogP contribution in [0.3, 0.4) is 0 Å². The number of para-hydroxylation sites is 1. The number of aliphatic hydroxyl groups excluding tert-OH is 1. The Balaban J connectivity index is 1.46. The van der Waals surface area contributed by atoms with Gasteiger partial charge < -0.3 is 30.7 Å². The molecule has 3 aromatic rings. The summed E-state index contributed by atoms with van der Waals surface area (Å²) in [7, 11) is 1.50. The SMILES string of the molecule is [2H]C([2H])([2H])NC(=O)c1nnc(NC(=O)C2CC2)cc1Nc1cccc(-c2ccc(N3CC[C@H](O)C3)cn2)c1OC. The van der Waals surface area contributed by atoms with Gasteiger partial charge in [-0.3, -0.25) is 14.6 Å². The number of hydrogen-bond donors (Lipinski definition) is 4. The van der Waals surface area contributed by atoms with Crippen molar-refractivity contribution in [3.63, 3.8) is 0 Å². The molecule has 0 bridgehead atoms. The van der Waals surface area contributed by atoms with E-state index in [0.29, 0.717) is 35.7 Å². The average Bonchev–Trinajstić information content (AvgIpc) is 3.68. The van der Waals surface area contributed by atoms with E-state index in [9.17, 15) is 14.7 Å². The van der Waals surface area contributed by atoms with Crippen molar-refractivity contribution < 1.29 is 23.5 Å². The predicted molar refractivity (Wildman–Crippen MR) is 139 cm³/mol. The molecule has 1 aliphatic carbocycles. The number of rotatable bonds is 8. The smallest absolute Gasteiger partial charge is 0.273 e. The summed E-state index contributed by atoms with van der Waals surface area (Å²) in [5.41, 5.74) is 2.50. The molecule has 5 rings (SSSR count). The van der Waals surface area contributed by atoms with Crippen LogP contribution in [0, 0.1) is 5.92 Å². The molecule has 2 fully saturated rings. The molecule has 1 saturated heterocycles. The van der Waals surface area contributed by atoms with Gasteiger partial charge in [0.05, 0.1) is 42.2 Å². The number of hydrogen-bond acceptors (Lipinski definition) is 9. The molecule has 1 aliphatic heterocycles. The van der Waals surface area contributed by atoms with Crippen LogP contribution in [-0.4, -0.2) is 65.4 Å². The van der Waals surface area contributed by atoms with Crippen LogP contribution < -0.4 is 25.6 Å². The molecule has 37 heavy (non-hydrogen) atoms. The van der Waals surface area contributed by atoms with Gasteiger partial charge >= 0.3 is 0 Å². The summed E-state index contributed by atoms with van der Waals surface area (Å²) in [5, 5.41) is 25.4. The molecule has 1 saturated carbocycles. The Morgan fingerprint density at radius 2 is 2.03 bits per heavy atom. The van der Waals surface area contributed by atoms with Gasteiger partial charge in [-0.1, -0.05) is 6.07 Å². The summed E-state index contributed by atoms with van der Waals surface area (Å²) in [6.07, 6.45) is 3.70. The van der Waals surface area contributed by atoms with Crippen LogP contribution in [0.5, 0.6) is 5.75 Å². The summed E-state index contributed by atoms with van der Waals surface area (Å²) in [6.45, 7) is -1.42. The van der Waals surface area contributed by atoms with Crippen LogP contribution in [0.1, 0.15) is 33.9 Å². The van der Waals surface area contributed by atoms with E-state index in [2.05, 4.69) is 30.7 Å². The van der Waals surface area contributed by atoms with Crippen molar-refractivity contribution in [1.29, 1.82) is 0 Å². The van der Waals surface area contributed by atoms with E-state index < -0.39 is 12.9 Å². The van der Waals surface area contributed by atoms with Gasteiger partial charge in [0.1, 0.15) is 0 Å². The highest BCUT2D eigenvalue weighted by molar-refractivity contribution is 6.00. The van der Waals surface area contributed by atoms with Crippen LogP contribution in [0.4, 0.5) is 22.9 Å². The normalized spacial score (nSPS) is 18.4. The Morgan fingerprint density at radius 1 is 1.16 bits per heavy atom. The topological polar surface area (TPSA) is 142 Å². The molecule has 192 valence electrons. The quantitative estimate of drug-likeness (QED) is 0.363. The lowest BCUT2D eigenvalue weighted by Gasteiger charge is -2.19. The number of benzene rings is 1. The zero-order chi connectivity index (χ0) is 28.4. The van der Waals surface area contributed by atoms with E-state index in [-0.39, 0.29) is 35.1 Å². The fraction of sp³-hybridized carbons (Fsp3) is 0.346. The van der Waals surface area contributed by atoms with Crippen molar-refractivity contribution in [3.8, 4) is 17.0 Å². The standard InChI is InChI=1S/C26H29N7O4/c1-27-26(36)23-21(12-22(31-32-23)30-25(35)15-6-7-15)29-20-5-3-4-18(24(20)37-2)19-9-8-16(13-28-19)33-11-10-17(34)14-33/h3-5,8-9,12-13,15,17,34H,6-7,10-11,14H2,1-2H3,(H,27,36)(H2,29,30,31,35)/t17-/m0/s1/i1D3. The highest BCUT2D eigenvalue weighted by atomic mass is 16.5. The minimum absolute atomic E-state index is 0.0806. The Bertz CT molecular complexity index is 1410. The highest BCUT2D eigenvalue weighted by Gasteiger charge is 2.30. The Morgan fingerprint density at radius 3 is 2.70 bits per heavy atom. The number of amides is 2. The number of carbonyl (C=O) groups is 2. The number of carbonyl (C=O) groups excluding carboxylic acids is 2. The molecule has 2 aliphatic rings. The fourth-order valence-corrected chi connectivity index (χ4v) is 4.26. The van der Waals surface area contributed by atoms with Gasteiger partial charge in [0.15, 0.2) is 17.3 Å². The lowest BCUT2D eigenvalue weighted by atomic mass is 10.1. The monoisotopic (exact) mass is 506 g/mol. The number of nitrogens with zero attached hydrogens (tertiary/aromatic N) is 4. The van der Waals surface area contributed by atoms with Crippen molar-refractivity contribution in [2.45, 2.75) is 25.4 Å². The van der Waals surface area contributed by atoms with Crippen molar-refractivity contribution in [2.75, 3.05) is 42.7 Å². The fourth-order valence-electron chi connectivity index (χ4n) is 4.26. The van der Waals surface area contributed by atoms with Crippen LogP contribution in [0.25, 0.3) is 11.3 Å². The number of methoxy groups -OCH3 is 1. The molecule has 2 amide bonds. The molecule has 0 unspecified atom stereocenters. The van der Waals surface area contributed by atoms with E-state index in [1.807, 2.05) is 23.5 Å². The molecule has 2 aromatic heterocycles. The molecular formula is C26H29N7O4. The predicted octanol–water partition coefficient (Wildman–Crippen LogP) is 2.57. The minimum Gasteiger partial charge on any atom is -0.494 e. The zero-order valence-electron chi connectivity index (χ0n) is 23.2. The number of anilines is 4. The van der Waals surface area contributed by atoms with Crippen molar-refractivity contribution in [1.82, 2.24) is 20.5 Å². The molecule has 4 N–H and O–H groups in total. The average molecular weight is 507 g/mol. The lowest BCUT2D eigenvalue weighted by Crippen LogP contribution is -2.22. The summed E-state index contributed by atoms with van der Waals surface area (Å²) in [4.78, 5) is 31.7. The maximum atomic E-state index is 12.8. The third-order valence-corrected chi connectivity index (χ3v) is 6.36. The van der Waals surface area contributed by atoms with E-state index in [0.717, 1.165) is 25.1 Å². The molecule has 1 atom stereocenters. The van der Waals surface area contributed by atoms with Crippen LogP contribution in [0.2, 0.25) is 0 Å². The van der Waals surface area contributed by atoms with Crippen LogP contribution in [-0.2, 0) is 4.79 Å². The first-order valence-corrected chi connectivity index (χ1v) is 12.0. The van der Waals surface area contributed by atoms with Gasteiger partial charge in [-0.2, -0.15) is 0 Å². The van der Waals surface area contributed by atoms with E-state index in [1.54, 1.807) is 18.3 Å². The minimum atomic E-state index is -2.74. The first-order valence-electron chi connectivity index (χ1n) is 13.5. The molecule has 11 nitrogen and oxygen atoms in total. The van der Waals surface area contributed by atoms with E-state index >= 15 is 0 Å². The molecular weight excluding hydrogens is 474 g/mol. The van der Waals surface area contributed by atoms with Gasteiger partial charge in [-0.25, -0.2) is 0 Å². The molecule has 3 heterocycles. The van der Waals surface area contributed by atoms with Gasteiger partial charge in [0.25, 0.3) is 5.91 Å². The second kappa shape index (κ2) is 10.4. The van der Waals surface area contributed by atoms with Gasteiger partial charge in [-0.05, 0) is 43.5 Å². The number of ether oxygens (including phenoxy) is 1. The van der Waals surface area contributed by atoms with Gasteiger partial charge in [0.2, 0.25) is 5.91 Å². The second-order valence-corrected chi connectivity index (χ2v) is 9.01. The number of aliphatic hydroxyl groups is 1. The highest BCUT2D eigenvalue weighted by Crippen LogP contribution is 2.38. The molecule has 0 spiro atoms.